The fraction of sp³-hybridized carbons (Fsp3) is 0.400. The Balaban J connectivity index is 1.41. The van der Waals surface area contributed by atoms with Gasteiger partial charge >= 0.3 is 13.7 Å². The van der Waals surface area contributed by atoms with E-state index in [0.29, 0.717) is 5.39 Å². The van der Waals surface area contributed by atoms with Crippen molar-refractivity contribution in [1.82, 2.24) is 24.6 Å². The predicted octanol–water partition coefficient (Wildman–Crippen LogP) is 4.64. The first kappa shape index (κ1) is 32.6. The molecule has 0 unspecified atom stereocenters. The predicted molar refractivity (Wildman–Crippen MR) is 168 cm³/mol. The standard InChI is InChI=1S/C30H34ClN6O7P/c1-6-30(22(38)14-23(43-30)37-17-33-24-25(32)34-28(31)35-26(24)37)16-42-45(40,36-18(2)27(39)41-15-29(3,4)5)44-21-13-9-11-19-10-7-8-12-20(19)21/h1,7-13,17-18,22-23,38H,14-16H2,2-5H3,(H,36,40)(H2,32,34,35)/t18-,22-,23+,30+,45-/m0/s1. The summed E-state index contributed by atoms with van der Waals surface area (Å²) in [7, 11) is -4.40. The summed E-state index contributed by atoms with van der Waals surface area (Å²) in [6, 6.07) is 11.5. The summed E-state index contributed by atoms with van der Waals surface area (Å²) in [5.74, 6) is 2.10. The summed E-state index contributed by atoms with van der Waals surface area (Å²) in [6.07, 6.45) is 5.16. The minimum atomic E-state index is -4.40. The third-order valence-electron chi connectivity index (χ3n) is 7.06. The smallest absolute Gasteiger partial charge is 0.459 e. The van der Waals surface area contributed by atoms with Crippen molar-refractivity contribution in [2.75, 3.05) is 18.9 Å². The third-order valence-corrected chi connectivity index (χ3v) is 8.83. The number of anilines is 1. The quantitative estimate of drug-likeness (QED) is 0.0936. The van der Waals surface area contributed by atoms with E-state index in [2.05, 4.69) is 26.0 Å². The first-order valence-electron chi connectivity index (χ1n) is 14.1. The van der Waals surface area contributed by atoms with Crippen molar-refractivity contribution in [2.45, 2.75) is 58.1 Å². The van der Waals surface area contributed by atoms with Gasteiger partial charge < -0.3 is 24.8 Å². The Labute approximate surface area is 265 Å². The van der Waals surface area contributed by atoms with Gasteiger partial charge in [-0.1, -0.05) is 63.1 Å². The number of aromatic nitrogens is 4. The van der Waals surface area contributed by atoms with Gasteiger partial charge in [-0.05, 0) is 35.4 Å². The molecule has 0 bridgehead atoms. The first-order valence-corrected chi connectivity index (χ1v) is 16.0. The molecule has 3 heterocycles. The Morgan fingerprint density at radius 1 is 1.31 bits per heavy atom. The van der Waals surface area contributed by atoms with Crippen molar-refractivity contribution < 1.29 is 33.0 Å². The van der Waals surface area contributed by atoms with Crippen LogP contribution in [0, 0.1) is 17.8 Å². The highest BCUT2D eigenvalue weighted by atomic mass is 35.5. The van der Waals surface area contributed by atoms with E-state index in [1.54, 1.807) is 18.2 Å². The van der Waals surface area contributed by atoms with Crippen LogP contribution in [-0.4, -0.2) is 61.6 Å². The number of esters is 1. The van der Waals surface area contributed by atoms with E-state index in [4.69, 9.17) is 42.3 Å². The molecule has 45 heavy (non-hydrogen) atoms. The van der Waals surface area contributed by atoms with Gasteiger partial charge in [0.2, 0.25) is 5.28 Å². The Bertz CT molecular complexity index is 1820. The van der Waals surface area contributed by atoms with Crippen molar-refractivity contribution in [2.24, 2.45) is 5.41 Å². The maximum Gasteiger partial charge on any atom is 0.459 e. The lowest BCUT2D eigenvalue weighted by atomic mass is 9.99. The number of fused-ring (bicyclic) bond motifs is 2. The van der Waals surface area contributed by atoms with E-state index in [-0.39, 0.29) is 46.5 Å². The van der Waals surface area contributed by atoms with Gasteiger partial charge in [0, 0.05) is 11.8 Å². The van der Waals surface area contributed by atoms with Gasteiger partial charge in [-0.25, -0.2) is 9.55 Å². The third kappa shape index (κ3) is 7.07. The minimum absolute atomic E-state index is 0.00200. The molecule has 0 saturated carbocycles. The van der Waals surface area contributed by atoms with E-state index in [9.17, 15) is 14.5 Å². The number of ether oxygens (including phenoxy) is 2. The Morgan fingerprint density at radius 2 is 2.04 bits per heavy atom. The second-order valence-corrected chi connectivity index (χ2v) is 14.0. The highest BCUT2D eigenvalue weighted by molar-refractivity contribution is 7.52. The van der Waals surface area contributed by atoms with E-state index in [1.165, 1.54) is 17.8 Å². The van der Waals surface area contributed by atoms with Crippen LogP contribution in [0.25, 0.3) is 21.9 Å². The van der Waals surface area contributed by atoms with Crippen LogP contribution >= 0.6 is 19.3 Å². The Morgan fingerprint density at radius 3 is 2.78 bits per heavy atom. The topological polar surface area (TPSA) is 173 Å². The molecule has 15 heteroatoms. The van der Waals surface area contributed by atoms with Crippen LogP contribution < -0.4 is 15.3 Å². The molecule has 4 aromatic rings. The molecule has 238 valence electrons. The zero-order valence-corrected chi connectivity index (χ0v) is 26.8. The number of aliphatic hydroxyl groups excluding tert-OH is 1. The highest BCUT2D eigenvalue weighted by Gasteiger charge is 2.50. The number of nitrogen functional groups attached to an aromatic ring is 1. The number of aliphatic hydroxyl groups is 1. The number of nitrogens with two attached hydrogens (primary N) is 1. The molecule has 0 aliphatic carbocycles. The van der Waals surface area contributed by atoms with Gasteiger partial charge in [0.05, 0.1) is 12.9 Å². The largest absolute Gasteiger partial charge is 0.464 e. The van der Waals surface area contributed by atoms with Crippen molar-refractivity contribution in [3.63, 3.8) is 0 Å². The maximum absolute atomic E-state index is 14.4. The molecular weight excluding hydrogens is 623 g/mol. The summed E-state index contributed by atoms with van der Waals surface area (Å²) in [5.41, 5.74) is 4.42. The summed E-state index contributed by atoms with van der Waals surface area (Å²) in [6.45, 7) is 6.78. The molecular formula is C30H34ClN6O7P. The number of carbonyl (C=O) groups excluding carboxylic acids is 1. The first-order chi connectivity index (χ1) is 21.2. The van der Waals surface area contributed by atoms with Gasteiger partial charge in [-0.2, -0.15) is 15.1 Å². The van der Waals surface area contributed by atoms with Crippen molar-refractivity contribution in [3.8, 4) is 18.1 Å². The number of carbonyl (C=O) groups is 1. The summed E-state index contributed by atoms with van der Waals surface area (Å²) >= 11 is 6.01. The summed E-state index contributed by atoms with van der Waals surface area (Å²) in [4.78, 5) is 25.2. The highest BCUT2D eigenvalue weighted by Crippen LogP contribution is 2.49. The molecule has 1 fully saturated rings. The second-order valence-electron chi connectivity index (χ2n) is 11.9. The Hall–Kier alpha value is -3.76. The molecule has 2 aromatic carbocycles. The summed E-state index contributed by atoms with van der Waals surface area (Å²) < 4.78 is 39.4. The molecule has 4 N–H and O–H groups in total. The zero-order chi connectivity index (χ0) is 32.6. The maximum atomic E-state index is 14.4. The fourth-order valence-corrected chi connectivity index (χ4v) is 6.43. The number of nitrogens with zero attached hydrogens (tertiary/aromatic N) is 4. The number of rotatable bonds is 10. The van der Waals surface area contributed by atoms with Crippen LogP contribution in [0.3, 0.4) is 0 Å². The van der Waals surface area contributed by atoms with E-state index in [0.717, 1.165) is 5.39 Å². The minimum Gasteiger partial charge on any atom is -0.464 e. The van der Waals surface area contributed by atoms with E-state index in [1.807, 2.05) is 45.0 Å². The second kappa shape index (κ2) is 12.6. The number of benzene rings is 2. The number of halogens is 1. The number of nitrogens with one attached hydrogen (secondary N) is 1. The van der Waals surface area contributed by atoms with Crippen LogP contribution in [0.15, 0.2) is 48.8 Å². The van der Waals surface area contributed by atoms with Gasteiger partial charge in [-0.3, -0.25) is 13.9 Å². The number of imidazole rings is 1. The average molecular weight is 657 g/mol. The fourth-order valence-electron chi connectivity index (χ4n) is 4.72. The molecule has 13 nitrogen and oxygen atoms in total. The molecule has 1 saturated heterocycles. The molecule has 0 amide bonds. The molecule has 0 radical (unpaired) electrons. The van der Waals surface area contributed by atoms with Gasteiger partial charge in [0.15, 0.2) is 17.1 Å². The number of hydrogen-bond acceptors (Lipinski definition) is 11. The SMILES string of the molecule is C#C[C@]1(CO[P@@](=O)(N[C@@H](C)C(=O)OCC(C)(C)C)Oc2cccc3ccccc23)O[C@@H](n2cnc3c(N)nc(Cl)nc32)C[C@@H]1O. The molecule has 5 atom stereocenters. The molecule has 2 aromatic heterocycles. The lowest BCUT2D eigenvalue weighted by Gasteiger charge is -2.30. The molecule has 5 rings (SSSR count). The number of terminal acetylenes is 1. The lowest BCUT2D eigenvalue weighted by molar-refractivity contribution is -0.148. The normalized spacial score (nSPS) is 22.2. The van der Waals surface area contributed by atoms with Crippen molar-refractivity contribution >= 4 is 53.1 Å². The van der Waals surface area contributed by atoms with Crippen LogP contribution in [0.1, 0.15) is 40.3 Å². The van der Waals surface area contributed by atoms with Gasteiger partial charge in [-0.15, -0.1) is 6.42 Å². The molecule has 0 spiro atoms. The van der Waals surface area contributed by atoms with Crippen LogP contribution in [0.4, 0.5) is 5.82 Å². The van der Waals surface area contributed by atoms with Crippen LogP contribution in [-0.2, 0) is 23.4 Å². The summed E-state index contributed by atoms with van der Waals surface area (Å²) in [5, 5.41) is 15.2. The van der Waals surface area contributed by atoms with E-state index >= 15 is 0 Å². The zero-order valence-electron chi connectivity index (χ0n) is 25.1. The van der Waals surface area contributed by atoms with Crippen molar-refractivity contribution in [1.29, 1.82) is 0 Å². The van der Waals surface area contributed by atoms with Crippen molar-refractivity contribution in [3.05, 3.63) is 54.1 Å². The number of hydrogen-bond donors (Lipinski definition) is 3. The lowest BCUT2D eigenvalue weighted by Crippen LogP contribution is -2.44. The van der Waals surface area contributed by atoms with E-state index < -0.39 is 44.3 Å². The monoisotopic (exact) mass is 656 g/mol. The van der Waals surface area contributed by atoms with Crippen LogP contribution in [0.2, 0.25) is 5.28 Å². The Kier molecular flexibility index (Phi) is 9.11. The molecule has 1 aliphatic rings. The average Bonchev–Trinajstić information content (AvgIpc) is 3.55. The van der Waals surface area contributed by atoms with Gasteiger partial charge in [0.25, 0.3) is 0 Å². The van der Waals surface area contributed by atoms with Gasteiger partial charge in [0.1, 0.15) is 36.2 Å². The van der Waals surface area contributed by atoms with Crippen LogP contribution in [0.5, 0.6) is 5.75 Å². The molecule has 1 aliphatic heterocycles.